The van der Waals surface area contributed by atoms with E-state index in [9.17, 15) is 4.79 Å². The smallest absolute Gasteiger partial charge is 0.261 e. The summed E-state index contributed by atoms with van der Waals surface area (Å²) in [6.07, 6.45) is 2.04. The molecule has 0 aliphatic carbocycles. The van der Waals surface area contributed by atoms with Crippen molar-refractivity contribution in [3.8, 4) is 5.75 Å². The van der Waals surface area contributed by atoms with Gasteiger partial charge in [0.25, 0.3) is 5.91 Å². The number of carbonyl (C=O) groups excluding carboxylic acids is 1. The van der Waals surface area contributed by atoms with Crippen LogP contribution in [0.4, 0.5) is 0 Å². The molecule has 0 radical (unpaired) electrons. The molecule has 1 saturated heterocycles. The highest BCUT2D eigenvalue weighted by Crippen LogP contribution is 2.25. The zero-order valence-corrected chi connectivity index (χ0v) is 9.22. The summed E-state index contributed by atoms with van der Waals surface area (Å²) in [6, 6.07) is 9.54. The van der Waals surface area contributed by atoms with Crippen LogP contribution in [0.1, 0.15) is 6.42 Å². The average Bonchev–Trinajstić information content (AvgIpc) is 2.76. The Morgan fingerprint density at radius 3 is 3.00 bits per heavy atom. The van der Waals surface area contributed by atoms with Crippen LogP contribution in [0, 0.1) is 0 Å². The minimum absolute atomic E-state index is 0.0362. The fourth-order valence-electron chi connectivity index (χ4n) is 2.01. The lowest BCUT2D eigenvalue weighted by atomic mass is 10.2. The zero-order chi connectivity index (χ0) is 11.7. The van der Waals surface area contributed by atoms with Gasteiger partial charge in [-0.3, -0.25) is 9.78 Å². The number of hydrogen-bond acceptors (Lipinski definition) is 3. The highest BCUT2D eigenvalue weighted by Gasteiger charge is 2.26. The summed E-state index contributed by atoms with van der Waals surface area (Å²) in [4.78, 5) is 15.7. The first-order valence-corrected chi connectivity index (χ1v) is 5.63. The number of ether oxygens (including phenoxy) is 1. The minimum Gasteiger partial charge on any atom is -0.480 e. The first kappa shape index (κ1) is 10.1. The molecule has 17 heavy (non-hydrogen) atoms. The van der Waals surface area contributed by atoms with Gasteiger partial charge in [0.15, 0.2) is 6.10 Å². The van der Waals surface area contributed by atoms with Gasteiger partial charge in [-0.05, 0) is 18.2 Å². The van der Waals surface area contributed by atoms with E-state index in [1.807, 2.05) is 24.3 Å². The lowest BCUT2D eigenvalue weighted by molar-refractivity contribution is -0.124. The van der Waals surface area contributed by atoms with Crippen LogP contribution in [-0.4, -0.2) is 23.5 Å². The van der Waals surface area contributed by atoms with Gasteiger partial charge in [0.1, 0.15) is 5.75 Å². The summed E-state index contributed by atoms with van der Waals surface area (Å²) in [7, 11) is 0. The van der Waals surface area contributed by atoms with Crippen molar-refractivity contribution in [1.82, 2.24) is 10.3 Å². The SMILES string of the molecule is O=C1NCCC1Oc1ccnc2ccccc12. The van der Waals surface area contributed by atoms with E-state index in [4.69, 9.17) is 4.74 Å². The highest BCUT2D eigenvalue weighted by molar-refractivity contribution is 5.86. The summed E-state index contributed by atoms with van der Waals surface area (Å²) in [5.74, 6) is 0.684. The predicted octanol–water partition coefficient (Wildman–Crippen LogP) is 1.50. The molecule has 1 unspecified atom stereocenters. The Hall–Kier alpha value is -2.10. The molecule has 86 valence electrons. The quantitative estimate of drug-likeness (QED) is 0.847. The summed E-state index contributed by atoms with van der Waals surface area (Å²) in [6.45, 7) is 0.687. The van der Waals surface area contributed by atoms with Crippen LogP contribution in [0.3, 0.4) is 0 Å². The molecular weight excluding hydrogens is 216 g/mol. The second-order valence-corrected chi connectivity index (χ2v) is 4.01. The van der Waals surface area contributed by atoms with Gasteiger partial charge in [-0.15, -0.1) is 0 Å². The number of nitrogens with zero attached hydrogens (tertiary/aromatic N) is 1. The van der Waals surface area contributed by atoms with E-state index in [2.05, 4.69) is 10.3 Å². The molecule has 1 aromatic heterocycles. The van der Waals surface area contributed by atoms with Crippen LogP contribution in [0.5, 0.6) is 5.75 Å². The third-order valence-corrected chi connectivity index (χ3v) is 2.88. The van der Waals surface area contributed by atoms with E-state index in [1.54, 1.807) is 12.3 Å². The maximum Gasteiger partial charge on any atom is 0.261 e. The topological polar surface area (TPSA) is 51.2 Å². The summed E-state index contributed by atoms with van der Waals surface area (Å²) in [5.41, 5.74) is 0.878. The van der Waals surface area contributed by atoms with Crippen molar-refractivity contribution in [2.45, 2.75) is 12.5 Å². The Labute approximate surface area is 98.6 Å². The Kier molecular flexibility index (Phi) is 2.40. The lowest BCUT2D eigenvalue weighted by Gasteiger charge is -2.12. The number of para-hydroxylation sites is 1. The van der Waals surface area contributed by atoms with E-state index in [1.165, 1.54) is 0 Å². The predicted molar refractivity (Wildman–Crippen MR) is 63.8 cm³/mol. The highest BCUT2D eigenvalue weighted by atomic mass is 16.5. The molecule has 0 saturated carbocycles. The molecule has 0 spiro atoms. The van der Waals surface area contributed by atoms with Crippen molar-refractivity contribution in [3.05, 3.63) is 36.5 Å². The van der Waals surface area contributed by atoms with Crippen molar-refractivity contribution < 1.29 is 9.53 Å². The molecule has 1 aliphatic rings. The molecule has 1 aliphatic heterocycles. The van der Waals surface area contributed by atoms with Gasteiger partial charge < -0.3 is 10.1 Å². The second kappa shape index (κ2) is 4.05. The first-order chi connectivity index (χ1) is 8.34. The van der Waals surface area contributed by atoms with Crippen LogP contribution in [0.2, 0.25) is 0 Å². The molecular formula is C13H12N2O2. The van der Waals surface area contributed by atoms with E-state index in [0.717, 1.165) is 23.1 Å². The third kappa shape index (κ3) is 1.82. The van der Waals surface area contributed by atoms with Gasteiger partial charge in [0.05, 0.1) is 5.52 Å². The number of amides is 1. The van der Waals surface area contributed by atoms with E-state index in [0.29, 0.717) is 6.54 Å². The van der Waals surface area contributed by atoms with Gasteiger partial charge >= 0.3 is 0 Å². The Morgan fingerprint density at radius 2 is 2.18 bits per heavy atom. The summed E-state index contributed by atoms with van der Waals surface area (Å²) < 4.78 is 5.75. The molecule has 1 aromatic carbocycles. The van der Waals surface area contributed by atoms with E-state index in [-0.39, 0.29) is 12.0 Å². The number of aromatic nitrogens is 1. The molecule has 1 N–H and O–H groups in total. The standard InChI is InChI=1S/C13H12N2O2/c16-13-12(6-8-15-13)17-11-5-7-14-10-4-2-1-3-9(10)11/h1-5,7,12H,6,8H2,(H,15,16). The summed E-state index contributed by atoms with van der Waals surface area (Å²) in [5, 5.41) is 3.70. The van der Waals surface area contributed by atoms with Crippen molar-refractivity contribution in [2.75, 3.05) is 6.54 Å². The average molecular weight is 228 g/mol. The summed E-state index contributed by atoms with van der Waals surface area (Å²) >= 11 is 0. The molecule has 4 heteroatoms. The van der Waals surface area contributed by atoms with Crippen LogP contribution in [0.25, 0.3) is 10.9 Å². The van der Waals surface area contributed by atoms with Gasteiger partial charge in [0.2, 0.25) is 0 Å². The second-order valence-electron chi connectivity index (χ2n) is 4.01. The van der Waals surface area contributed by atoms with Gasteiger partial charge in [0, 0.05) is 24.5 Å². The maximum atomic E-state index is 11.5. The minimum atomic E-state index is -0.374. The molecule has 4 nitrogen and oxygen atoms in total. The monoisotopic (exact) mass is 228 g/mol. The number of fused-ring (bicyclic) bond motifs is 1. The molecule has 1 fully saturated rings. The first-order valence-electron chi connectivity index (χ1n) is 5.63. The molecule has 0 bridgehead atoms. The van der Waals surface area contributed by atoms with Crippen LogP contribution >= 0.6 is 0 Å². The van der Waals surface area contributed by atoms with Gasteiger partial charge in [-0.2, -0.15) is 0 Å². The molecule has 1 amide bonds. The van der Waals surface area contributed by atoms with Crippen molar-refractivity contribution in [1.29, 1.82) is 0 Å². The van der Waals surface area contributed by atoms with Crippen molar-refractivity contribution in [3.63, 3.8) is 0 Å². The van der Waals surface area contributed by atoms with Crippen molar-refractivity contribution >= 4 is 16.8 Å². The Morgan fingerprint density at radius 1 is 1.29 bits per heavy atom. The maximum absolute atomic E-state index is 11.5. The molecule has 2 aromatic rings. The molecule has 1 atom stereocenters. The molecule has 2 heterocycles. The fraction of sp³-hybridized carbons (Fsp3) is 0.231. The lowest BCUT2D eigenvalue weighted by Crippen LogP contribution is -2.27. The van der Waals surface area contributed by atoms with E-state index < -0.39 is 0 Å². The number of nitrogens with one attached hydrogen (secondary N) is 1. The normalized spacial score (nSPS) is 19.3. The van der Waals surface area contributed by atoms with Crippen LogP contribution in [-0.2, 0) is 4.79 Å². The zero-order valence-electron chi connectivity index (χ0n) is 9.22. The van der Waals surface area contributed by atoms with Gasteiger partial charge in [-0.25, -0.2) is 0 Å². The fourth-order valence-corrected chi connectivity index (χ4v) is 2.01. The Balaban J connectivity index is 1.97. The van der Waals surface area contributed by atoms with Crippen LogP contribution < -0.4 is 10.1 Å². The molecule has 3 rings (SSSR count). The number of carbonyl (C=O) groups is 1. The third-order valence-electron chi connectivity index (χ3n) is 2.88. The van der Waals surface area contributed by atoms with E-state index >= 15 is 0 Å². The largest absolute Gasteiger partial charge is 0.480 e. The number of benzene rings is 1. The van der Waals surface area contributed by atoms with Crippen molar-refractivity contribution in [2.24, 2.45) is 0 Å². The Bertz CT molecular complexity index is 563. The number of hydrogen-bond donors (Lipinski definition) is 1. The number of pyridine rings is 1. The number of rotatable bonds is 2. The van der Waals surface area contributed by atoms with Gasteiger partial charge in [-0.1, -0.05) is 12.1 Å². The van der Waals surface area contributed by atoms with Crippen LogP contribution in [0.15, 0.2) is 36.5 Å².